The molecule has 1 aromatic heterocycles. The van der Waals surface area contributed by atoms with Gasteiger partial charge in [-0.25, -0.2) is 8.78 Å². The van der Waals surface area contributed by atoms with Crippen molar-refractivity contribution in [2.75, 3.05) is 5.73 Å². The normalized spacial score (nSPS) is 15.0. The molecule has 1 fully saturated rings. The third-order valence-electron chi connectivity index (χ3n) is 3.12. The van der Waals surface area contributed by atoms with E-state index in [4.69, 9.17) is 10.3 Å². The van der Waals surface area contributed by atoms with E-state index in [1.165, 1.54) is 12.1 Å². The molecule has 94 valence electrons. The second-order valence-corrected chi connectivity index (χ2v) is 4.67. The fourth-order valence-corrected chi connectivity index (χ4v) is 2.08. The lowest BCUT2D eigenvalue weighted by Gasteiger charge is -2.02. The SMILES string of the molecule is Nc1onc(CC2CC2)c1-c1cc(F)cc(F)c1. The van der Waals surface area contributed by atoms with E-state index >= 15 is 0 Å². The first-order valence-corrected chi connectivity index (χ1v) is 5.84. The first-order chi connectivity index (χ1) is 8.63. The summed E-state index contributed by atoms with van der Waals surface area (Å²) in [7, 11) is 0. The van der Waals surface area contributed by atoms with E-state index < -0.39 is 11.6 Å². The topological polar surface area (TPSA) is 52.0 Å². The summed E-state index contributed by atoms with van der Waals surface area (Å²) in [5.74, 6) is -0.576. The summed E-state index contributed by atoms with van der Waals surface area (Å²) in [5, 5.41) is 3.89. The lowest BCUT2D eigenvalue weighted by Crippen LogP contribution is -1.94. The number of anilines is 1. The van der Waals surface area contributed by atoms with Crippen molar-refractivity contribution >= 4 is 5.88 Å². The minimum Gasteiger partial charge on any atom is -0.367 e. The number of rotatable bonds is 3. The molecule has 1 aromatic carbocycles. The molecule has 0 bridgehead atoms. The van der Waals surface area contributed by atoms with Gasteiger partial charge in [0.05, 0.1) is 11.3 Å². The molecule has 0 amide bonds. The average molecular weight is 250 g/mol. The van der Waals surface area contributed by atoms with E-state index in [1.807, 2.05) is 0 Å². The maximum atomic E-state index is 13.2. The summed E-state index contributed by atoms with van der Waals surface area (Å²) in [6, 6.07) is 3.30. The van der Waals surface area contributed by atoms with E-state index in [9.17, 15) is 8.78 Å². The van der Waals surface area contributed by atoms with Gasteiger partial charge in [-0.05, 0) is 42.9 Å². The Balaban J connectivity index is 2.05. The molecule has 3 nitrogen and oxygen atoms in total. The predicted molar refractivity (Wildman–Crippen MR) is 62.7 cm³/mol. The van der Waals surface area contributed by atoms with Crippen LogP contribution in [0.1, 0.15) is 18.5 Å². The molecule has 5 heteroatoms. The standard InChI is InChI=1S/C13H12F2N2O/c14-9-4-8(5-10(15)6-9)12-11(3-7-1-2-7)17-18-13(12)16/h4-7H,1-3,16H2. The van der Waals surface area contributed by atoms with E-state index in [-0.39, 0.29) is 5.88 Å². The molecule has 2 aromatic rings. The molecule has 1 aliphatic rings. The van der Waals surface area contributed by atoms with Crippen LogP contribution in [0.4, 0.5) is 14.7 Å². The van der Waals surface area contributed by atoms with Gasteiger partial charge in [-0.2, -0.15) is 0 Å². The van der Waals surface area contributed by atoms with Crippen molar-refractivity contribution < 1.29 is 13.3 Å². The van der Waals surface area contributed by atoms with Crippen LogP contribution in [0.15, 0.2) is 22.7 Å². The third kappa shape index (κ3) is 2.08. The lowest BCUT2D eigenvalue weighted by molar-refractivity contribution is 0.426. The molecular weight excluding hydrogens is 238 g/mol. The first-order valence-electron chi connectivity index (χ1n) is 5.84. The number of halogens is 2. The number of hydrogen-bond donors (Lipinski definition) is 1. The van der Waals surface area contributed by atoms with E-state index in [0.29, 0.717) is 22.7 Å². The van der Waals surface area contributed by atoms with Crippen molar-refractivity contribution in [3.63, 3.8) is 0 Å². The highest BCUT2D eigenvalue weighted by molar-refractivity contribution is 5.75. The van der Waals surface area contributed by atoms with E-state index in [2.05, 4.69) is 5.16 Å². The van der Waals surface area contributed by atoms with Crippen molar-refractivity contribution in [2.24, 2.45) is 5.92 Å². The fourth-order valence-electron chi connectivity index (χ4n) is 2.08. The van der Waals surface area contributed by atoms with Gasteiger partial charge >= 0.3 is 0 Å². The monoisotopic (exact) mass is 250 g/mol. The Morgan fingerprint density at radius 1 is 1.22 bits per heavy atom. The van der Waals surface area contributed by atoms with Gasteiger partial charge in [0.25, 0.3) is 0 Å². The van der Waals surface area contributed by atoms with E-state index in [0.717, 1.165) is 25.3 Å². The highest BCUT2D eigenvalue weighted by Gasteiger charge is 2.26. The van der Waals surface area contributed by atoms with E-state index in [1.54, 1.807) is 0 Å². The molecule has 0 unspecified atom stereocenters. The molecule has 0 radical (unpaired) electrons. The Kier molecular flexibility index (Phi) is 2.54. The molecule has 2 N–H and O–H groups in total. The summed E-state index contributed by atoms with van der Waals surface area (Å²) < 4.78 is 31.4. The van der Waals surface area contributed by atoms with Crippen LogP contribution >= 0.6 is 0 Å². The second kappa shape index (κ2) is 4.08. The maximum absolute atomic E-state index is 13.2. The van der Waals surface area contributed by atoms with Gasteiger partial charge in [0.2, 0.25) is 5.88 Å². The van der Waals surface area contributed by atoms with Gasteiger partial charge in [-0.1, -0.05) is 5.16 Å². The molecule has 1 aliphatic carbocycles. The lowest BCUT2D eigenvalue weighted by atomic mass is 10.0. The number of nitrogens with zero attached hydrogens (tertiary/aromatic N) is 1. The molecule has 0 atom stereocenters. The number of nitrogen functional groups attached to an aromatic ring is 1. The van der Waals surface area contributed by atoms with Gasteiger partial charge in [-0.3, -0.25) is 0 Å². The second-order valence-electron chi connectivity index (χ2n) is 4.67. The Hall–Kier alpha value is -1.91. The quantitative estimate of drug-likeness (QED) is 0.910. The number of hydrogen-bond acceptors (Lipinski definition) is 3. The number of aromatic nitrogens is 1. The number of benzene rings is 1. The van der Waals surface area contributed by atoms with Crippen LogP contribution in [0, 0.1) is 17.6 Å². The van der Waals surface area contributed by atoms with Crippen molar-refractivity contribution in [3.05, 3.63) is 35.5 Å². The average Bonchev–Trinajstić information content (AvgIpc) is 3.01. The predicted octanol–water partition coefficient (Wildman–Crippen LogP) is 3.15. The smallest absolute Gasteiger partial charge is 0.230 e. The molecule has 3 rings (SSSR count). The molecule has 1 heterocycles. The highest BCUT2D eigenvalue weighted by atomic mass is 19.1. The van der Waals surface area contributed by atoms with Crippen molar-refractivity contribution in [2.45, 2.75) is 19.3 Å². The summed E-state index contributed by atoms with van der Waals surface area (Å²) in [4.78, 5) is 0. The van der Waals surface area contributed by atoms with Gasteiger partial charge in [0.1, 0.15) is 11.6 Å². The first kappa shape index (κ1) is 11.2. The van der Waals surface area contributed by atoms with Gasteiger partial charge in [-0.15, -0.1) is 0 Å². The van der Waals surface area contributed by atoms with Crippen LogP contribution in [0.5, 0.6) is 0 Å². The van der Waals surface area contributed by atoms with Crippen LogP contribution in [0.3, 0.4) is 0 Å². The minimum atomic E-state index is -0.636. The summed E-state index contributed by atoms with van der Waals surface area (Å²) in [6.45, 7) is 0. The number of nitrogens with two attached hydrogens (primary N) is 1. The minimum absolute atomic E-state index is 0.107. The van der Waals surface area contributed by atoms with Crippen LogP contribution in [-0.4, -0.2) is 5.16 Å². The van der Waals surface area contributed by atoms with Gasteiger partial charge in [0, 0.05) is 6.07 Å². The Labute approximate surface area is 103 Å². The van der Waals surface area contributed by atoms with Crippen LogP contribution in [0.2, 0.25) is 0 Å². The molecule has 0 saturated heterocycles. The van der Waals surface area contributed by atoms with Gasteiger partial charge in [0.15, 0.2) is 0 Å². The van der Waals surface area contributed by atoms with Crippen molar-refractivity contribution in [3.8, 4) is 11.1 Å². The molecule has 1 saturated carbocycles. The molecule has 18 heavy (non-hydrogen) atoms. The van der Waals surface area contributed by atoms with Crippen molar-refractivity contribution in [1.82, 2.24) is 5.16 Å². The zero-order valence-electron chi connectivity index (χ0n) is 9.62. The van der Waals surface area contributed by atoms with Crippen molar-refractivity contribution in [1.29, 1.82) is 0 Å². The Morgan fingerprint density at radius 2 is 1.89 bits per heavy atom. The molecule has 0 aliphatic heterocycles. The fraction of sp³-hybridized carbons (Fsp3) is 0.308. The highest BCUT2D eigenvalue weighted by Crippen LogP contribution is 2.37. The van der Waals surface area contributed by atoms with Crippen LogP contribution < -0.4 is 5.73 Å². The maximum Gasteiger partial charge on any atom is 0.230 e. The summed E-state index contributed by atoms with van der Waals surface area (Å²) >= 11 is 0. The van der Waals surface area contributed by atoms with Crippen LogP contribution in [0.25, 0.3) is 11.1 Å². The molecular formula is C13H12F2N2O. The Bertz CT molecular complexity index is 570. The molecule has 0 spiro atoms. The Morgan fingerprint density at radius 3 is 2.50 bits per heavy atom. The summed E-state index contributed by atoms with van der Waals surface area (Å²) in [5.41, 5.74) is 7.27. The third-order valence-corrected chi connectivity index (χ3v) is 3.12. The van der Waals surface area contributed by atoms with Gasteiger partial charge < -0.3 is 10.3 Å². The zero-order valence-corrected chi connectivity index (χ0v) is 9.62. The largest absolute Gasteiger partial charge is 0.367 e. The van der Waals surface area contributed by atoms with Crippen LogP contribution in [-0.2, 0) is 6.42 Å². The zero-order chi connectivity index (χ0) is 12.7. The summed E-state index contributed by atoms with van der Waals surface area (Å²) in [6.07, 6.45) is 3.06.